The van der Waals surface area contributed by atoms with E-state index in [1.165, 1.54) is 83.5 Å². The molecule has 0 saturated carbocycles. The van der Waals surface area contributed by atoms with E-state index in [4.69, 9.17) is 4.74 Å². The lowest BCUT2D eigenvalue weighted by Gasteiger charge is -2.21. The summed E-state index contributed by atoms with van der Waals surface area (Å²) in [5.74, 6) is 0.0194. The zero-order chi connectivity index (χ0) is 15.9. The number of carbonyl (C=O) groups excluding carboxylic acids is 1. The number of esters is 1. The van der Waals surface area contributed by atoms with Gasteiger partial charge in [0.2, 0.25) is 0 Å². The van der Waals surface area contributed by atoms with Crippen molar-refractivity contribution in [2.75, 3.05) is 0 Å². The predicted octanol–water partition coefficient (Wildman–Crippen LogP) is 6.56. The van der Waals surface area contributed by atoms with E-state index in [2.05, 4.69) is 6.92 Å². The van der Waals surface area contributed by atoms with Crippen LogP contribution >= 0.6 is 0 Å². The van der Waals surface area contributed by atoms with Crippen LogP contribution in [-0.2, 0) is 9.53 Å². The Morgan fingerprint density at radius 3 is 1.82 bits per heavy atom. The molecule has 130 valence electrons. The fourth-order valence-electron chi connectivity index (χ4n) is 3.37. The highest BCUT2D eigenvalue weighted by Gasteiger charge is 2.19. The monoisotopic (exact) mass is 310 g/mol. The first-order chi connectivity index (χ1) is 10.8. The molecule has 0 radical (unpaired) electrons. The molecule has 0 aliphatic carbocycles. The normalized spacial score (nSPS) is 18.4. The van der Waals surface area contributed by atoms with Crippen LogP contribution in [0.4, 0.5) is 0 Å². The van der Waals surface area contributed by atoms with Gasteiger partial charge in [-0.15, -0.1) is 0 Å². The maximum Gasteiger partial charge on any atom is 0.306 e. The zero-order valence-corrected chi connectivity index (χ0v) is 14.9. The summed E-state index contributed by atoms with van der Waals surface area (Å²) in [6.45, 7) is 2.28. The predicted molar refractivity (Wildman–Crippen MR) is 94.0 cm³/mol. The molecule has 1 fully saturated rings. The van der Waals surface area contributed by atoms with E-state index in [0.717, 1.165) is 19.3 Å². The second-order valence-electron chi connectivity index (χ2n) is 7.04. The van der Waals surface area contributed by atoms with Crippen LogP contribution in [0.15, 0.2) is 0 Å². The van der Waals surface area contributed by atoms with Crippen LogP contribution in [-0.4, -0.2) is 12.1 Å². The Labute approximate surface area is 138 Å². The van der Waals surface area contributed by atoms with Crippen LogP contribution in [0.2, 0.25) is 0 Å². The molecule has 0 spiro atoms. The summed E-state index contributed by atoms with van der Waals surface area (Å²) in [5.41, 5.74) is 0. The van der Waals surface area contributed by atoms with Crippen molar-refractivity contribution in [2.45, 2.75) is 122 Å². The third kappa shape index (κ3) is 11.1. The fourth-order valence-corrected chi connectivity index (χ4v) is 3.37. The van der Waals surface area contributed by atoms with Gasteiger partial charge in [-0.2, -0.15) is 0 Å². The summed E-state index contributed by atoms with van der Waals surface area (Å²) in [7, 11) is 0. The molecule has 22 heavy (non-hydrogen) atoms. The summed E-state index contributed by atoms with van der Waals surface area (Å²) in [6, 6.07) is 0. The van der Waals surface area contributed by atoms with Gasteiger partial charge in [-0.1, -0.05) is 84.0 Å². The zero-order valence-electron chi connectivity index (χ0n) is 14.9. The quantitative estimate of drug-likeness (QED) is 0.268. The molecular formula is C20H38O2. The van der Waals surface area contributed by atoms with E-state index in [0.29, 0.717) is 6.42 Å². The van der Waals surface area contributed by atoms with Crippen molar-refractivity contribution in [1.82, 2.24) is 0 Å². The van der Waals surface area contributed by atoms with Crippen molar-refractivity contribution in [1.29, 1.82) is 0 Å². The first-order valence-electron chi connectivity index (χ1n) is 10.0. The Morgan fingerprint density at radius 2 is 1.32 bits per heavy atom. The third-order valence-electron chi connectivity index (χ3n) is 4.83. The Balaban J connectivity index is 1.74. The Hall–Kier alpha value is -0.530. The van der Waals surface area contributed by atoms with Gasteiger partial charge in [0.05, 0.1) is 0 Å². The Morgan fingerprint density at radius 1 is 0.818 bits per heavy atom. The highest BCUT2D eigenvalue weighted by atomic mass is 16.5. The van der Waals surface area contributed by atoms with Crippen molar-refractivity contribution < 1.29 is 9.53 Å². The first-order valence-corrected chi connectivity index (χ1v) is 10.0. The number of hydrogen-bond donors (Lipinski definition) is 0. The maximum absolute atomic E-state index is 11.2. The molecule has 1 unspecified atom stereocenters. The van der Waals surface area contributed by atoms with Gasteiger partial charge in [0.15, 0.2) is 0 Å². The van der Waals surface area contributed by atoms with Gasteiger partial charge in [0.25, 0.3) is 0 Å². The van der Waals surface area contributed by atoms with Crippen molar-refractivity contribution in [3.05, 3.63) is 0 Å². The Bertz CT molecular complexity index is 262. The molecule has 1 aliphatic heterocycles. The highest BCUT2D eigenvalue weighted by molar-refractivity contribution is 5.70. The number of cyclic esters (lactones) is 1. The van der Waals surface area contributed by atoms with Gasteiger partial charge in [-0.05, 0) is 25.7 Å². The maximum atomic E-state index is 11.2. The van der Waals surface area contributed by atoms with Crippen molar-refractivity contribution in [3.8, 4) is 0 Å². The molecule has 0 aromatic carbocycles. The van der Waals surface area contributed by atoms with Crippen LogP contribution in [0.25, 0.3) is 0 Å². The highest BCUT2D eigenvalue weighted by Crippen LogP contribution is 2.20. The molecule has 0 amide bonds. The molecule has 1 aliphatic rings. The van der Waals surface area contributed by atoms with E-state index < -0.39 is 0 Å². The van der Waals surface area contributed by atoms with Crippen molar-refractivity contribution >= 4 is 5.97 Å². The lowest BCUT2D eigenvalue weighted by atomic mass is 10.0. The summed E-state index contributed by atoms with van der Waals surface area (Å²) < 4.78 is 5.35. The molecule has 2 nitrogen and oxygen atoms in total. The van der Waals surface area contributed by atoms with E-state index in [9.17, 15) is 4.79 Å². The minimum absolute atomic E-state index is 0.0194. The van der Waals surface area contributed by atoms with E-state index >= 15 is 0 Å². The third-order valence-corrected chi connectivity index (χ3v) is 4.83. The fraction of sp³-hybridized carbons (Fsp3) is 0.950. The van der Waals surface area contributed by atoms with Gasteiger partial charge >= 0.3 is 5.97 Å². The van der Waals surface area contributed by atoms with Crippen LogP contribution in [0.5, 0.6) is 0 Å². The summed E-state index contributed by atoms with van der Waals surface area (Å²) in [6.07, 6.45) is 22.2. The number of unbranched alkanes of at least 4 members (excludes halogenated alkanes) is 12. The van der Waals surface area contributed by atoms with E-state index in [1.807, 2.05) is 0 Å². The average molecular weight is 311 g/mol. The molecule has 0 N–H and O–H groups in total. The summed E-state index contributed by atoms with van der Waals surface area (Å²) in [4.78, 5) is 11.2. The smallest absolute Gasteiger partial charge is 0.306 e. The standard InChI is InChI=1S/C20H38O2/c1-2-3-4-5-6-7-8-9-10-11-12-13-14-16-19-17-15-18-20(21)22-19/h19H,2-18H2,1H3. The van der Waals surface area contributed by atoms with Crippen molar-refractivity contribution in [2.24, 2.45) is 0 Å². The average Bonchev–Trinajstić information content (AvgIpc) is 2.52. The number of carbonyl (C=O) groups is 1. The van der Waals surface area contributed by atoms with E-state index in [1.54, 1.807) is 0 Å². The van der Waals surface area contributed by atoms with Gasteiger partial charge in [-0.3, -0.25) is 4.79 Å². The molecule has 1 rings (SSSR count). The summed E-state index contributed by atoms with van der Waals surface area (Å²) in [5, 5.41) is 0. The molecule has 0 bridgehead atoms. The van der Waals surface area contributed by atoms with Crippen LogP contribution < -0.4 is 0 Å². The van der Waals surface area contributed by atoms with Gasteiger partial charge in [0.1, 0.15) is 6.10 Å². The molecule has 1 atom stereocenters. The van der Waals surface area contributed by atoms with Crippen LogP contribution in [0.1, 0.15) is 116 Å². The molecule has 1 saturated heterocycles. The molecular weight excluding hydrogens is 272 g/mol. The largest absolute Gasteiger partial charge is 0.462 e. The van der Waals surface area contributed by atoms with Gasteiger partial charge in [0, 0.05) is 6.42 Å². The van der Waals surface area contributed by atoms with E-state index in [-0.39, 0.29) is 12.1 Å². The number of ether oxygens (including phenoxy) is 1. The summed E-state index contributed by atoms with van der Waals surface area (Å²) >= 11 is 0. The van der Waals surface area contributed by atoms with Crippen molar-refractivity contribution in [3.63, 3.8) is 0 Å². The van der Waals surface area contributed by atoms with Crippen LogP contribution in [0, 0.1) is 0 Å². The minimum atomic E-state index is 0.0194. The van der Waals surface area contributed by atoms with Gasteiger partial charge < -0.3 is 4.74 Å². The first kappa shape index (κ1) is 19.5. The second-order valence-corrected chi connectivity index (χ2v) is 7.04. The lowest BCUT2D eigenvalue weighted by molar-refractivity contribution is -0.154. The lowest BCUT2D eigenvalue weighted by Crippen LogP contribution is -2.23. The molecule has 1 heterocycles. The van der Waals surface area contributed by atoms with Gasteiger partial charge in [-0.25, -0.2) is 0 Å². The molecule has 0 aromatic heterocycles. The topological polar surface area (TPSA) is 26.3 Å². The van der Waals surface area contributed by atoms with Crippen LogP contribution in [0.3, 0.4) is 0 Å². The molecule has 2 heteroatoms. The number of hydrogen-bond acceptors (Lipinski definition) is 2. The minimum Gasteiger partial charge on any atom is -0.462 e. The second kappa shape index (κ2) is 14.1. The Kier molecular flexibility index (Phi) is 12.5. The number of rotatable bonds is 14. The SMILES string of the molecule is CCCCCCCCCCCCCCCC1CCCC(=O)O1. The molecule has 0 aromatic rings.